The summed E-state index contributed by atoms with van der Waals surface area (Å²) in [5.74, 6) is 1.25. The molecule has 0 aromatic heterocycles. The van der Waals surface area contributed by atoms with E-state index in [1.54, 1.807) is 11.8 Å². The largest absolute Gasteiger partial charge is 0.293 e. The molecule has 0 spiro atoms. The Bertz CT molecular complexity index is 536. The lowest BCUT2D eigenvalue weighted by molar-refractivity contribution is 0.0989. The molecule has 1 unspecified atom stereocenters. The van der Waals surface area contributed by atoms with E-state index in [1.165, 1.54) is 19.3 Å². The Morgan fingerprint density at radius 3 is 2.19 bits per heavy atom. The molecule has 0 amide bonds. The van der Waals surface area contributed by atoms with Crippen LogP contribution >= 0.6 is 11.8 Å². The van der Waals surface area contributed by atoms with Crippen molar-refractivity contribution in [2.45, 2.75) is 31.4 Å². The number of Topliss-reactive ketones (excluding diaryl/α,β-unsaturated/α-hetero) is 1. The van der Waals surface area contributed by atoms with Crippen LogP contribution in [-0.2, 0) is 0 Å². The first kappa shape index (κ1) is 15.8. The van der Waals surface area contributed by atoms with Gasteiger partial charge in [0.25, 0.3) is 0 Å². The molecule has 21 heavy (non-hydrogen) atoms. The molecule has 1 nitrogen and oxygen atoms in total. The molecule has 0 aliphatic rings. The summed E-state index contributed by atoms with van der Waals surface area (Å²) in [6.45, 7) is 2.20. The quantitative estimate of drug-likeness (QED) is 0.470. The van der Waals surface area contributed by atoms with E-state index in [0.29, 0.717) is 0 Å². The maximum absolute atomic E-state index is 12.8. The Balaban J connectivity index is 2.14. The highest BCUT2D eigenvalue weighted by molar-refractivity contribution is 8.00. The van der Waals surface area contributed by atoms with Crippen molar-refractivity contribution < 1.29 is 4.79 Å². The topological polar surface area (TPSA) is 17.1 Å². The molecule has 2 rings (SSSR count). The molecule has 2 aromatic rings. The molecule has 0 saturated carbocycles. The number of rotatable bonds is 8. The summed E-state index contributed by atoms with van der Waals surface area (Å²) >= 11 is 1.77. The molecular weight excluding hydrogens is 276 g/mol. The lowest BCUT2D eigenvalue weighted by atomic mass is 10.0. The number of unbranched alkanes of at least 4 members (excludes halogenated alkanes) is 2. The van der Waals surface area contributed by atoms with Gasteiger partial charge in [-0.2, -0.15) is 0 Å². The van der Waals surface area contributed by atoms with Gasteiger partial charge in [-0.25, -0.2) is 0 Å². The van der Waals surface area contributed by atoms with Crippen molar-refractivity contribution in [2.24, 2.45) is 0 Å². The highest BCUT2D eigenvalue weighted by atomic mass is 32.2. The third-order valence-corrected chi connectivity index (χ3v) is 4.78. The van der Waals surface area contributed by atoms with Crippen molar-refractivity contribution in [1.29, 1.82) is 0 Å². The summed E-state index contributed by atoms with van der Waals surface area (Å²) < 4.78 is 0. The van der Waals surface area contributed by atoms with Crippen LogP contribution in [0.15, 0.2) is 60.7 Å². The third-order valence-electron chi connectivity index (χ3n) is 3.43. The van der Waals surface area contributed by atoms with Gasteiger partial charge in [-0.15, -0.1) is 11.8 Å². The fraction of sp³-hybridized carbons (Fsp3) is 0.316. The van der Waals surface area contributed by atoms with E-state index >= 15 is 0 Å². The van der Waals surface area contributed by atoms with Gasteiger partial charge in [0.15, 0.2) is 5.78 Å². The van der Waals surface area contributed by atoms with Gasteiger partial charge in [0, 0.05) is 5.56 Å². The SMILES string of the molecule is CCCCCSC(C(=O)c1ccccc1)c1ccccc1. The van der Waals surface area contributed by atoms with E-state index in [-0.39, 0.29) is 11.0 Å². The highest BCUT2D eigenvalue weighted by Gasteiger charge is 2.21. The number of hydrogen-bond donors (Lipinski definition) is 0. The van der Waals surface area contributed by atoms with Crippen LogP contribution in [0.5, 0.6) is 0 Å². The van der Waals surface area contributed by atoms with Gasteiger partial charge in [-0.3, -0.25) is 4.79 Å². The predicted molar refractivity (Wildman–Crippen MR) is 91.9 cm³/mol. The van der Waals surface area contributed by atoms with Crippen LogP contribution in [0.4, 0.5) is 0 Å². The number of carbonyl (C=O) groups excluding carboxylic acids is 1. The van der Waals surface area contributed by atoms with Crippen LogP contribution in [0, 0.1) is 0 Å². The number of thioether (sulfide) groups is 1. The molecule has 0 saturated heterocycles. The van der Waals surface area contributed by atoms with E-state index in [2.05, 4.69) is 19.1 Å². The summed E-state index contributed by atoms with van der Waals surface area (Å²) in [5.41, 5.74) is 1.90. The Hall–Kier alpha value is -1.54. The van der Waals surface area contributed by atoms with Gasteiger partial charge >= 0.3 is 0 Å². The number of hydrogen-bond acceptors (Lipinski definition) is 2. The van der Waals surface area contributed by atoms with Crippen molar-refractivity contribution in [3.05, 3.63) is 71.8 Å². The third kappa shape index (κ3) is 4.75. The monoisotopic (exact) mass is 298 g/mol. The second-order valence-electron chi connectivity index (χ2n) is 5.10. The molecule has 0 heterocycles. The van der Waals surface area contributed by atoms with Crippen LogP contribution in [0.2, 0.25) is 0 Å². The Labute approximate surface area is 131 Å². The minimum absolute atomic E-state index is 0.0922. The lowest BCUT2D eigenvalue weighted by Crippen LogP contribution is -2.10. The van der Waals surface area contributed by atoms with Gasteiger partial charge in [-0.05, 0) is 17.7 Å². The predicted octanol–water partition coefficient (Wildman–Crippen LogP) is 5.53. The lowest BCUT2D eigenvalue weighted by Gasteiger charge is -2.16. The average Bonchev–Trinajstić information content (AvgIpc) is 2.56. The smallest absolute Gasteiger partial charge is 0.180 e. The first-order valence-electron chi connectivity index (χ1n) is 7.58. The van der Waals surface area contributed by atoms with E-state index in [0.717, 1.165) is 16.9 Å². The van der Waals surface area contributed by atoms with Crippen LogP contribution in [0.25, 0.3) is 0 Å². The molecule has 0 bridgehead atoms. The second kappa shape index (κ2) is 8.68. The summed E-state index contributed by atoms with van der Waals surface area (Å²) in [6, 6.07) is 19.7. The van der Waals surface area contributed by atoms with Gasteiger partial charge in [0.1, 0.15) is 0 Å². The Morgan fingerprint density at radius 1 is 0.952 bits per heavy atom. The maximum Gasteiger partial charge on any atom is 0.180 e. The van der Waals surface area contributed by atoms with Crippen molar-refractivity contribution >= 4 is 17.5 Å². The summed E-state index contributed by atoms with van der Waals surface area (Å²) in [5, 5.41) is -0.0922. The zero-order valence-corrected chi connectivity index (χ0v) is 13.3. The van der Waals surface area contributed by atoms with Crippen molar-refractivity contribution in [1.82, 2.24) is 0 Å². The van der Waals surface area contributed by atoms with Crippen molar-refractivity contribution in [3.63, 3.8) is 0 Å². The van der Waals surface area contributed by atoms with E-state index in [9.17, 15) is 4.79 Å². The molecule has 1 atom stereocenters. The standard InChI is InChI=1S/C19H22OS/c1-2-3-10-15-21-19(17-13-8-5-9-14-17)18(20)16-11-6-4-7-12-16/h4-9,11-14,19H,2-3,10,15H2,1H3. The van der Waals surface area contributed by atoms with Crippen LogP contribution < -0.4 is 0 Å². The first-order chi connectivity index (χ1) is 10.3. The summed E-state index contributed by atoms with van der Waals surface area (Å²) in [4.78, 5) is 12.8. The van der Waals surface area contributed by atoms with Gasteiger partial charge in [0.2, 0.25) is 0 Å². The van der Waals surface area contributed by atoms with Crippen molar-refractivity contribution in [2.75, 3.05) is 5.75 Å². The minimum Gasteiger partial charge on any atom is -0.293 e. The molecule has 2 aromatic carbocycles. The van der Waals surface area contributed by atoms with Crippen LogP contribution in [0.3, 0.4) is 0 Å². The van der Waals surface area contributed by atoms with E-state index in [1.807, 2.05) is 48.5 Å². The average molecular weight is 298 g/mol. The number of ketones is 1. The summed E-state index contributed by atoms with van der Waals surface area (Å²) in [7, 11) is 0. The second-order valence-corrected chi connectivity index (χ2v) is 6.31. The maximum atomic E-state index is 12.8. The molecule has 0 aliphatic carbocycles. The fourth-order valence-electron chi connectivity index (χ4n) is 2.26. The van der Waals surface area contributed by atoms with Gasteiger partial charge in [0.05, 0.1) is 5.25 Å². The molecule has 0 radical (unpaired) electrons. The highest BCUT2D eigenvalue weighted by Crippen LogP contribution is 2.33. The van der Waals surface area contributed by atoms with E-state index in [4.69, 9.17) is 0 Å². The fourth-order valence-corrected chi connectivity index (χ4v) is 3.50. The minimum atomic E-state index is -0.0922. The molecule has 2 heteroatoms. The zero-order valence-electron chi connectivity index (χ0n) is 12.5. The van der Waals surface area contributed by atoms with Crippen molar-refractivity contribution in [3.8, 4) is 0 Å². The molecule has 0 fully saturated rings. The molecule has 0 aliphatic heterocycles. The first-order valence-corrected chi connectivity index (χ1v) is 8.63. The zero-order chi connectivity index (χ0) is 14.9. The number of benzene rings is 2. The van der Waals surface area contributed by atoms with Crippen LogP contribution in [0.1, 0.15) is 47.4 Å². The molecule has 0 N–H and O–H groups in total. The van der Waals surface area contributed by atoms with Gasteiger partial charge in [-0.1, -0.05) is 80.4 Å². The van der Waals surface area contributed by atoms with Gasteiger partial charge < -0.3 is 0 Å². The molecular formula is C19H22OS. The molecule has 110 valence electrons. The summed E-state index contributed by atoms with van der Waals surface area (Å²) in [6.07, 6.45) is 3.61. The van der Waals surface area contributed by atoms with E-state index < -0.39 is 0 Å². The number of carbonyl (C=O) groups is 1. The van der Waals surface area contributed by atoms with Crippen LogP contribution in [-0.4, -0.2) is 11.5 Å². The normalized spacial score (nSPS) is 12.0. The Morgan fingerprint density at radius 2 is 1.57 bits per heavy atom. The Kier molecular flexibility index (Phi) is 6.55.